The fraction of sp³-hybridized carbons (Fsp3) is 0.0714. The summed E-state index contributed by atoms with van der Waals surface area (Å²) in [5.41, 5.74) is 1.05. The first-order valence-electron chi connectivity index (χ1n) is 5.52. The molecule has 2 aromatic rings. The molecule has 0 bridgehead atoms. The SMILES string of the molecule is O=C(O)c1ccc(CS(=O)c2ccc(Cl)cc2)cc1. The van der Waals surface area contributed by atoms with Crippen molar-refractivity contribution in [2.75, 3.05) is 0 Å². The topological polar surface area (TPSA) is 54.4 Å². The van der Waals surface area contributed by atoms with Gasteiger partial charge in [0.05, 0.1) is 22.1 Å². The summed E-state index contributed by atoms with van der Waals surface area (Å²) in [5.74, 6) is -0.619. The van der Waals surface area contributed by atoms with Crippen LogP contribution in [-0.2, 0) is 16.6 Å². The molecule has 1 N–H and O–H groups in total. The van der Waals surface area contributed by atoms with Crippen molar-refractivity contribution < 1.29 is 14.1 Å². The molecule has 19 heavy (non-hydrogen) atoms. The van der Waals surface area contributed by atoms with E-state index < -0.39 is 16.8 Å². The number of carboxylic acids is 1. The van der Waals surface area contributed by atoms with Gasteiger partial charge in [0.2, 0.25) is 0 Å². The first-order chi connectivity index (χ1) is 9.06. The smallest absolute Gasteiger partial charge is 0.335 e. The Kier molecular flexibility index (Phi) is 4.35. The maximum Gasteiger partial charge on any atom is 0.335 e. The Hall–Kier alpha value is -1.65. The van der Waals surface area contributed by atoms with Crippen LogP contribution in [0.2, 0.25) is 5.02 Å². The van der Waals surface area contributed by atoms with Crippen LogP contribution in [-0.4, -0.2) is 15.3 Å². The Morgan fingerprint density at radius 3 is 2.16 bits per heavy atom. The van der Waals surface area contributed by atoms with Gasteiger partial charge >= 0.3 is 5.97 Å². The molecule has 0 spiro atoms. The molecule has 5 heteroatoms. The van der Waals surface area contributed by atoms with Crippen molar-refractivity contribution in [3.63, 3.8) is 0 Å². The number of carbonyl (C=O) groups is 1. The molecule has 98 valence electrons. The highest BCUT2D eigenvalue weighted by atomic mass is 35.5. The third-order valence-electron chi connectivity index (χ3n) is 2.58. The number of hydrogen-bond acceptors (Lipinski definition) is 2. The standard InChI is InChI=1S/C14H11ClO3S/c15-12-5-7-13(8-6-12)19(18)9-10-1-3-11(4-2-10)14(16)17/h1-8H,9H2,(H,16,17). The second-order valence-corrected chi connectivity index (χ2v) is 5.83. The molecule has 0 aliphatic rings. The molecule has 0 saturated heterocycles. The van der Waals surface area contributed by atoms with Crippen LogP contribution in [0, 0.1) is 0 Å². The van der Waals surface area contributed by atoms with Gasteiger partial charge in [-0.05, 0) is 42.0 Å². The lowest BCUT2D eigenvalue weighted by Gasteiger charge is -2.03. The summed E-state index contributed by atoms with van der Waals surface area (Å²) >= 11 is 5.77. The average molecular weight is 295 g/mol. The average Bonchev–Trinajstić information content (AvgIpc) is 2.40. The Labute approximate surface area is 118 Å². The van der Waals surface area contributed by atoms with Crippen LogP contribution in [0.1, 0.15) is 15.9 Å². The van der Waals surface area contributed by atoms with E-state index in [-0.39, 0.29) is 5.56 Å². The zero-order chi connectivity index (χ0) is 13.8. The van der Waals surface area contributed by atoms with E-state index in [1.807, 2.05) is 0 Å². The summed E-state index contributed by atoms with van der Waals surface area (Å²) in [6.45, 7) is 0. The molecule has 2 rings (SSSR count). The summed E-state index contributed by atoms with van der Waals surface area (Å²) in [4.78, 5) is 11.4. The Bertz CT molecular complexity index is 606. The van der Waals surface area contributed by atoms with Crippen LogP contribution >= 0.6 is 11.6 Å². The number of rotatable bonds is 4. The summed E-state index contributed by atoms with van der Waals surface area (Å²) in [6, 6.07) is 13.2. The van der Waals surface area contributed by atoms with Crippen molar-refractivity contribution in [2.24, 2.45) is 0 Å². The number of benzene rings is 2. The molecule has 0 heterocycles. The second kappa shape index (κ2) is 5.99. The quantitative estimate of drug-likeness (QED) is 0.941. The highest BCUT2D eigenvalue weighted by Crippen LogP contribution is 2.16. The predicted octanol–water partition coefficient (Wildman–Crippen LogP) is 3.35. The normalized spacial score (nSPS) is 12.1. The van der Waals surface area contributed by atoms with Crippen LogP contribution in [0.4, 0.5) is 0 Å². The fourth-order valence-electron chi connectivity index (χ4n) is 1.56. The van der Waals surface area contributed by atoms with Gasteiger partial charge in [-0.3, -0.25) is 4.21 Å². The van der Waals surface area contributed by atoms with Crippen molar-refractivity contribution in [1.29, 1.82) is 0 Å². The molecule has 2 aromatic carbocycles. The van der Waals surface area contributed by atoms with Crippen molar-refractivity contribution in [1.82, 2.24) is 0 Å². The Balaban J connectivity index is 2.10. The lowest BCUT2D eigenvalue weighted by atomic mass is 10.1. The minimum absolute atomic E-state index is 0.223. The van der Waals surface area contributed by atoms with Gasteiger partial charge in [-0.2, -0.15) is 0 Å². The van der Waals surface area contributed by atoms with Crippen LogP contribution in [0.5, 0.6) is 0 Å². The minimum atomic E-state index is -1.17. The number of carboxylic acid groups (broad SMARTS) is 1. The Morgan fingerprint density at radius 2 is 1.63 bits per heavy atom. The second-order valence-electron chi connectivity index (χ2n) is 3.95. The highest BCUT2D eigenvalue weighted by molar-refractivity contribution is 7.84. The van der Waals surface area contributed by atoms with Gasteiger partial charge in [-0.1, -0.05) is 23.7 Å². The highest BCUT2D eigenvalue weighted by Gasteiger charge is 2.07. The molecular weight excluding hydrogens is 284 g/mol. The van der Waals surface area contributed by atoms with E-state index in [0.717, 1.165) is 5.56 Å². The minimum Gasteiger partial charge on any atom is -0.478 e. The van der Waals surface area contributed by atoms with E-state index in [1.54, 1.807) is 36.4 Å². The third kappa shape index (κ3) is 3.66. The molecule has 0 fully saturated rings. The van der Waals surface area contributed by atoms with E-state index >= 15 is 0 Å². The molecule has 0 aliphatic carbocycles. The van der Waals surface area contributed by atoms with Gasteiger partial charge in [-0.25, -0.2) is 4.79 Å². The molecule has 1 unspecified atom stereocenters. The summed E-state index contributed by atoms with van der Waals surface area (Å²) in [5, 5.41) is 9.39. The number of hydrogen-bond donors (Lipinski definition) is 1. The first kappa shape index (κ1) is 13.8. The molecule has 1 atom stereocenters. The molecule has 0 saturated carbocycles. The van der Waals surface area contributed by atoms with Gasteiger partial charge in [0.25, 0.3) is 0 Å². The van der Waals surface area contributed by atoms with Crippen molar-refractivity contribution >= 4 is 28.4 Å². The van der Waals surface area contributed by atoms with E-state index in [0.29, 0.717) is 15.7 Å². The van der Waals surface area contributed by atoms with Crippen LogP contribution in [0.3, 0.4) is 0 Å². The summed E-state index contributed by atoms with van der Waals surface area (Å²) in [7, 11) is -1.17. The first-order valence-corrected chi connectivity index (χ1v) is 7.22. The van der Waals surface area contributed by atoms with Crippen LogP contribution in [0.15, 0.2) is 53.4 Å². The molecule has 0 aliphatic heterocycles. The molecule has 0 aromatic heterocycles. The molecule has 3 nitrogen and oxygen atoms in total. The predicted molar refractivity (Wildman–Crippen MR) is 75.0 cm³/mol. The van der Waals surface area contributed by atoms with Crippen molar-refractivity contribution in [2.45, 2.75) is 10.6 Å². The zero-order valence-corrected chi connectivity index (χ0v) is 11.4. The molecule has 0 amide bonds. The summed E-state index contributed by atoms with van der Waals surface area (Å²) < 4.78 is 12.1. The summed E-state index contributed by atoms with van der Waals surface area (Å²) in [6.07, 6.45) is 0. The van der Waals surface area contributed by atoms with Gasteiger partial charge in [0, 0.05) is 9.92 Å². The monoisotopic (exact) mass is 294 g/mol. The van der Waals surface area contributed by atoms with Gasteiger partial charge in [-0.15, -0.1) is 0 Å². The Morgan fingerprint density at radius 1 is 1.05 bits per heavy atom. The van der Waals surface area contributed by atoms with Gasteiger partial charge in [0.15, 0.2) is 0 Å². The van der Waals surface area contributed by atoms with E-state index in [4.69, 9.17) is 16.7 Å². The maximum atomic E-state index is 12.1. The molecular formula is C14H11ClO3S. The van der Waals surface area contributed by atoms with Crippen molar-refractivity contribution in [3.8, 4) is 0 Å². The maximum absolute atomic E-state index is 12.1. The van der Waals surface area contributed by atoms with E-state index in [2.05, 4.69) is 0 Å². The molecule has 0 radical (unpaired) electrons. The number of aromatic carboxylic acids is 1. The van der Waals surface area contributed by atoms with E-state index in [1.165, 1.54) is 12.1 Å². The largest absolute Gasteiger partial charge is 0.478 e. The lowest BCUT2D eigenvalue weighted by Crippen LogP contribution is -1.99. The lowest BCUT2D eigenvalue weighted by molar-refractivity contribution is 0.0697. The van der Waals surface area contributed by atoms with Gasteiger partial charge in [0.1, 0.15) is 0 Å². The van der Waals surface area contributed by atoms with Gasteiger partial charge < -0.3 is 5.11 Å². The van der Waals surface area contributed by atoms with Crippen LogP contribution in [0.25, 0.3) is 0 Å². The third-order valence-corrected chi connectivity index (χ3v) is 4.22. The van der Waals surface area contributed by atoms with Crippen LogP contribution < -0.4 is 0 Å². The zero-order valence-electron chi connectivity index (χ0n) is 9.88. The number of halogens is 1. The van der Waals surface area contributed by atoms with E-state index in [9.17, 15) is 9.00 Å². The van der Waals surface area contributed by atoms with Crippen molar-refractivity contribution in [3.05, 3.63) is 64.7 Å². The fourth-order valence-corrected chi connectivity index (χ4v) is 2.79.